The molecule has 14 heavy (non-hydrogen) atoms. The Hall–Kier alpha value is -0.590. The van der Waals surface area contributed by atoms with Crippen LogP contribution in [0, 0.1) is 11.3 Å². The average molecular weight is 198 g/mol. The molecule has 0 fully saturated rings. The highest BCUT2D eigenvalue weighted by atomic mass is 16.5. The maximum Gasteiger partial charge on any atom is 0.0635 e. The number of nitrogens with zero attached hydrogens (tertiary/aromatic N) is 2. The van der Waals surface area contributed by atoms with E-state index in [2.05, 4.69) is 17.9 Å². The van der Waals surface area contributed by atoms with Crippen LogP contribution in [-0.2, 0) is 4.74 Å². The summed E-state index contributed by atoms with van der Waals surface area (Å²) in [6.07, 6.45) is 3.03. The van der Waals surface area contributed by atoms with Gasteiger partial charge in [-0.05, 0) is 19.9 Å². The van der Waals surface area contributed by atoms with Crippen molar-refractivity contribution in [3.63, 3.8) is 0 Å². The molecule has 0 saturated heterocycles. The molecule has 0 bridgehead atoms. The molecule has 3 heteroatoms. The molecule has 82 valence electrons. The van der Waals surface area contributed by atoms with Gasteiger partial charge in [0.05, 0.1) is 12.7 Å². The average Bonchev–Trinajstić information content (AvgIpc) is 2.21. The van der Waals surface area contributed by atoms with E-state index in [-0.39, 0.29) is 0 Å². The Balaban J connectivity index is 3.56. The number of hydrogen-bond donors (Lipinski definition) is 0. The highest BCUT2D eigenvalue weighted by Gasteiger charge is 2.02. The second-order valence-electron chi connectivity index (χ2n) is 3.30. The maximum absolute atomic E-state index is 8.50. The number of hydrogen-bond acceptors (Lipinski definition) is 3. The SMILES string of the molecule is CCCCN(CCC#N)CCOCC. The molecule has 0 aromatic carbocycles. The standard InChI is InChI=1S/C11H22N2O/c1-3-5-8-13(9-6-7-12)10-11-14-4-2/h3-6,8-11H2,1-2H3. The van der Waals surface area contributed by atoms with Gasteiger partial charge in [-0.3, -0.25) is 0 Å². The first kappa shape index (κ1) is 13.4. The van der Waals surface area contributed by atoms with Crippen molar-refractivity contribution >= 4 is 0 Å². The Morgan fingerprint density at radius 1 is 1.21 bits per heavy atom. The van der Waals surface area contributed by atoms with Crippen molar-refractivity contribution in [1.29, 1.82) is 5.26 Å². The Labute approximate surface area is 87.7 Å². The van der Waals surface area contributed by atoms with Crippen LogP contribution >= 0.6 is 0 Å². The summed E-state index contributed by atoms with van der Waals surface area (Å²) in [6, 6.07) is 2.18. The Bertz CT molecular complexity index is 154. The third-order valence-electron chi connectivity index (χ3n) is 2.12. The highest BCUT2D eigenvalue weighted by molar-refractivity contribution is 4.72. The van der Waals surface area contributed by atoms with Crippen LogP contribution in [0.1, 0.15) is 33.1 Å². The third-order valence-corrected chi connectivity index (χ3v) is 2.12. The fraction of sp³-hybridized carbons (Fsp3) is 0.909. The normalized spacial score (nSPS) is 10.4. The molecule has 0 N–H and O–H groups in total. The van der Waals surface area contributed by atoms with Crippen molar-refractivity contribution in [2.24, 2.45) is 0 Å². The number of ether oxygens (including phenoxy) is 1. The smallest absolute Gasteiger partial charge is 0.0635 e. The van der Waals surface area contributed by atoms with E-state index in [1.807, 2.05) is 6.92 Å². The molecule has 0 aliphatic heterocycles. The summed E-state index contributed by atoms with van der Waals surface area (Å²) >= 11 is 0. The zero-order chi connectivity index (χ0) is 10.6. The summed E-state index contributed by atoms with van der Waals surface area (Å²) in [7, 11) is 0. The first-order valence-corrected chi connectivity index (χ1v) is 5.52. The van der Waals surface area contributed by atoms with E-state index in [9.17, 15) is 0 Å². The molecule has 3 nitrogen and oxygen atoms in total. The van der Waals surface area contributed by atoms with Gasteiger partial charge in [0.1, 0.15) is 0 Å². The topological polar surface area (TPSA) is 36.3 Å². The van der Waals surface area contributed by atoms with Gasteiger partial charge in [-0.15, -0.1) is 0 Å². The molecular formula is C11H22N2O. The Morgan fingerprint density at radius 2 is 2.00 bits per heavy atom. The minimum atomic E-state index is 0.621. The minimum absolute atomic E-state index is 0.621. The van der Waals surface area contributed by atoms with E-state index in [1.165, 1.54) is 12.8 Å². The summed E-state index contributed by atoms with van der Waals surface area (Å²) in [4.78, 5) is 2.31. The zero-order valence-corrected chi connectivity index (χ0v) is 9.46. The van der Waals surface area contributed by atoms with Gasteiger partial charge in [0, 0.05) is 26.1 Å². The summed E-state index contributed by atoms with van der Waals surface area (Å²) in [5.41, 5.74) is 0. The summed E-state index contributed by atoms with van der Waals surface area (Å²) in [5.74, 6) is 0. The molecule has 0 atom stereocenters. The first-order valence-electron chi connectivity index (χ1n) is 5.52. The van der Waals surface area contributed by atoms with Crippen molar-refractivity contribution in [3.05, 3.63) is 0 Å². The molecule has 0 aliphatic rings. The van der Waals surface area contributed by atoms with Crippen molar-refractivity contribution < 1.29 is 4.74 Å². The fourth-order valence-corrected chi connectivity index (χ4v) is 1.26. The molecule has 0 radical (unpaired) electrons. The lowest BCUT2D eigenvalue weighted by Gasteiger charge is -2.20. The van der Waals surface area contributed by atoms with E-state index in [1.54, 1.807) is 0 Å². The minimum Gasteiger partial charge on any atom is -0.380 e. The van der Waals surface area contributed by atoms with Gasteiger partial charge in [-0.2, -0.15) is 5.26 Å². The van der Waals surface area contributed by atoms with Crippen molar-refractivity contribution in [1.82, 2.24) is 4.90 Å². The second kappa shape index (κ2) is 10.5. The molecule has 0 rings (SSSR count). The molecule has 0 heterocycles. The predicted octanol–water partition coefficient (Wildman–Crippen LogP) is 2.04. The van der Waals surface area contributed by atoms with Crippen LogP contribution in [0.2, 0.25) is 0 Å². The van der Waals surface area contributed by atoms with Gasteiger partial charge in [0.2, 0.25) is 0 Å². The Morgan fingerprint density at radius 3 is 2.57 bits per heavy atom. The van der Waals surface area contributed by atoms with E-state index >= 15 is 0 Å². The van der Waals surface area contributed by atoms with Crippen LogP contribution in [0.4, 0.5) is 0 Å². The van der Waals surface area contributed by atoms with Crippen LogP contribution in [0.25, 0.3) is 0 Å². The summed E-state index contributed by atoms with van der Waals surface area (Å²) in [6.45, 7) is 8.67. The predicted molar refractivity (Wildman–Crippen MR) is 58.1 cm³/mol. The molecule has 0 saturated carbocycles. The van der Waals surface area contributed by atoms with Gasteiger partial charge in [0.15, 0.2) is 0 Å². The highest BCUT2D eigenvalue weighted by Crippen LogP contribution is 1.96. The largest absolute Gasteiger partial charge is 0.380 e. The first-order chi connectivity index (χ1) is 6.85. The molecule has 0 unspecified atom stereocenters. The lowest BCUT2D eigenvalue weighted by molar-refractivity contribution is 0.113. The lowest BCUT2D eigenvalue weighted by Crippen LogP contribution is -2.29. The van der Waals surface area contributed by atoms with E-state index in [4.69, 9.17) is 10.00 Å². The van der Waals surface area contributed by atoms with Crippen LogP contribution < -0.4 is 0 Å². The molecule has 0 amide bonds. The number of nitriles is 1. The van der Waals surface area contributed by atoms with E-state index in [0.29, 0.717) is 6.42 Å². The van der Waals surface area contributed by atoms with Gasteiger partial charge in [-0.1, -0.05) is 13.3 Å². The van der Waals surface area contributed by atoms with Gasteiger partial charge >= 0.3 is 0 Å². The maximum atomic E-state index is 8.50. The monoisotopic (exact) mass is 198 g/mol. The Kier molecular flexibility index (Phi) is 10.0. The quantitative estimate of drug-likeness (QED) is 0.532. The van der Waals surface area contributed by atoms with Gasteiger partial charge < -0.3 is 9.64 Å². The fourth-order valence-electron chi connectivity index (χ4n) is 1.26. The zero-order valence-electron chi connectivity index (χ0n) is 9.46. The van der Waals surface area contributed by atoms with Crippen molar-refractivity contribution in [3.8, 4) is 6.07 Å². The number of unbranched alkanes of at least 4 members (excludes halogenated alkanes) is 1. The molecule has 0 aliphatic carbocycles. The van der Waals surface area contributed by atoms with Gasteiger partial charge in [-0.25, -0.2) is 0 Å². The summed E-state index contributed by atoms with van der Waals surface area (Å²) < 4.78 is 5.30. The third kappa shape index (κ3) is 8.03. The van der Waals surface area contributed by atoms with Crippen molar-refractivity contribution in [2.75, 3.05) is 32.8 Å². The molecule has 0 aromatic heterocycles. The van der Waals surface area contributed by atoms with Crippen molar-refractivity contribution in [2.45, 2.75) is 33.1 Å². The van der Waals surface area contributed by atoms with Crippen LogP contribution in [0.5, 0.6) is 0 Å². The summed E-state index contributed by atoms with van der Waals surface area (Å²) in [5, 5.41) is 8.50. The van der Waals surface area contributed by atoms with E-state index < -0.39 is 0 Å². The number of rotatable bonds is 9. The second-order valence-corrected chi connectivity index (χ2v) is 3.30. The van der Waals surface area contributed by atoms with Gasteiger partial charge in [0.25, 0.3) is 0 Å². The van der Waals surface area contributed by atoms with Crippen LogP contribution in [-0.4, -0.2) is 37.7 Å². The molecule has 0 aromatic rings. The van der Waals surface area contributed by atoms with Crippen LogP contribution in [0.15, 0.2) is 0 Å². The molecule has 0 spiro atoms. The van der Waals surface area contributed by atoms with E-state index in [0.717, 1.165) is 32.8 Å². The van der Waals surface area contributed by atoms with Crippen LogP contribution in [0.3, 0.4) is 0 Å². The lowest BCUT2D eigenvalue weighted by atomic mass is 10.3. The molecular weight excluding hydrogens is 176 g/mol.